The molecule has 162 valence electrons. The number of esters is 1. The third-order valence-electron chi connectivity index (χ3n) is 6.52. The Morgan fingerprint density at radius 2 is 1.88 bits per heavy atom. The largest absolute Gasteiger partial charge is 0.463 e. The minimum atomic E-state index is -0.738. The topological polar surface area (TPSA) is 73.6 Å². The van der Waals surface area contributed by atoms with Crippen LogP contribution in [0, 0.1) is 12.7 Å². The molecule has 1 heterocycles. The average Bonchev–Trinajstić information content (AvgIpc) is 3.15. The molecule has 0 bridgehead atoms. The highest BCUT2D eigenvalue weighted by Crippen LogP contribution is 2.49. The van der Waals surface area contributed by atoms with Crippen LogP contribution in [-0.4, -0.2) is 17.5 Å². The number of halogens is 1. The molecule has 3 aromatic rings. The van der Waals surface area contributed by atoms with Crippen LogP contribution in [0.25, 0.3) is 11.3 Å². The molecule has 0 amide bonds. The predicted octanol–water partition coefficient (Wildman–Crippen LogP) is 5.74. The quantitative estimate of drug-likeness (QED) is 0.381. The van der Waals surface area contributed by atoms with Gasteiger partial charge in [0, 0.05) is 16.7 Å². The molecule has 32 heavy (non-hydrogen) atoms. The molecular weight excluding hydrogens is 411 g/mol. The van der Waals surface area contributed by atoms with E-state index < -0.39 is 29.5 Å². The monoisotopic (exact) mass is 432 g/mol. The number of rotatable bonds is 2. The van der Waals surface area contributed by atoms with Gasteiger partial charge in [-0.1, -0.05) is 32.0 Å². The fourth-order valence-corrected chi connectivity index (χ4v) is 4.83. The van der Waals surface area contributed by atoms with Crippen molar-refractivity contribution in [1.29, 1.82) is 0 Å². The molecule has 0 aliphatic heterocycles. The second-order valence-electron chi connectivity index (χ2n) is 9.06. The van der Waals surface area contributed by atoms with E-state index in [1.165, 1.54) is 24.5 Å². The maximum absolute atomic E-state index is 13.6. The molecule has 0 saturated carbocycles. The first-order valence-electron chi connectivity index (χ1n) is 10.5. The highest BCUT2D eigenvalue weighted by atomic mass is 19.1. The van der Waals surface area contributed by atoms with Crippen LogP contribution < -0.4 is 0 Å². The molecule has 5 rings (SSSR count). The fourth-order valence-electron chi connectivity index (χ4n) is 4.83. The van der Waals surface area contributed by atoms with Crippen molar-refractivity contribution in [3.63, 3.8) is 0 Å². The van der Waals surface area contributed by atoms with E-state index in [0.717, 1.165) is 11.6 Å². The average molecular weight is 432 g/mol. The van der Waals surface area contributed by atoms with Crippen molar-refractivity contribution in [1.82, 2.24) is 0 Å². The number of fused-ring (bicyclic) bond motifs is 5. The van der Waals surface area contributed by atoms with Crippen molar-refractivity contribution >= 4 is 17.5 Å². The van der Waals surface area contributed by atoms with Crippen LogP contribution in [0.1, 0.15) is 80.6 Å². The zero-order valence-corrected chi connectivity index (χ0v) is 18.0. The molecule has 0 spiro atoms. The summed E-state index contributed by atoms with van der Waals surface area (Å²) in [5, 5.41) is 0. The van der Waals surface area contributed by atoms with Crippen LogP contribution >= 0.6 is 0 Å². The summed E-state index contributed by atoms with van der Waals surface area (Å²) in [4.78, 5) is 39.0. The van der Waals surface area contributed by atoms with Crippen LogP contribution in [-0.2, 0) is 10.2 Å². The second kappa shape index (κ2) is 6.99. The first-order valence-corrected chi connectivity index (χ1v) is 10.5. The first kappa shape index (κ1) is 20.4. The molecule has 1 atom stereocenters. The summed E-state index contributed by atoms with van der Waals surface area (Å²) in [5.41, 5.74) is 2.86. The number of aryl methyl sites for hydroxylation is 1. The van der Waals surface area contributed by atoms with Gasteiger partial charge in [-0.05, 0) is 54.5 Å². The molecule has 5 nitrogen and oxygen atoms in total. The lowest BCUT2D eigenvalue weighted by Crippen LogP contribution is -2.33. The van der Waals surface area contributed by atoms with E-state index >= 15 is 0 Å². The van der Waals surface area contributed by atoms with Gasteiger partial charge in [0.25, 0.3) is 0 Å². The number of furan rings is 1. The predicted molar refractivity (Wildman–Crippen MR) is 114 cm³/mol. The van der Waals surface area contributed by atoms with Gasteiger partial charge in [-0.2, -0.15) is 0 Å². The minimum absolute atomic E-state index is 0.0903. The molecule has 1 aromatic heterocycles. The molecule has 1 unspecified atom stereocenters. The first-order chi connectivity index (χ1) is 15.2. The summed E-state index contributed by atoms with van der Waals surface area (Å²) < 4.78 is 25.1. The number of carbonyl (C=O) groups excluding carboxylic acids is 3. The fraction of sp³-hybridized carbons (Fsp3) is 0.269. The Morgan fingerprint density at radius 1 is 1.12 bits per heavy atom. The van der Waals surface area contributed by atoms with Gasteiger partial charge in [-0.3, -0.25) is 9.59 Å². The lowest BCUT2D eigenvalue weighted by atomic mass is 9.68. The highest BCUT2D eigenvalue weighted by Gasteiger charge is 2.43. The third kappa shape index (κ3) is 2.93. The summed E-state index contributed by atoms with van der Waals surface area (Å²) >= 11 is 0. The van der Waals surface area contributed by atoms with E-state index in [4.69, 9.17) is 9.15 Å². The molecule has 2 aromatic carbocycles. The number of Topliss-reactive ketones (excluding diaryl/α,β-unsaturated/α-hetero) is 2. The maximum atomic E-state index is 13.6. The van der Waals surface area contributed by atoms with Crippen LogP contribution in [0.4, 0.5) is 4.39 Å². The Morgan fingerprint density at radius 3 is 2.62 bits per heavy atom. The summed E-state index contributed by atoms with van der Waals surface area (Å²) in [6, 6.07) is 9.00. The van der Waals surface area contributed by atoms with Gasteiger partial charge in [-0.25, -0.2) is 9.18 Å². The number of hydrogen-bond donors (Lipinski definition) is 0. The van der Waals surface area contributed by atoms with Gasteiger partial charge in [0.05, 0.1) is 17.4 Å². The van der Waals surface area contributed by atoms with Crippen molar-refractivity contribution in [3.05, 3.63) is 81.9 Å². The third-order valence-corrected chi connectivity index (χ3v) is 6.52. The molecule has 2 aliphatic carbocycles. The smallest absolute Gasteiger partial charge is 0.338 e. The van der Waals surface area contributed by atoms with Crippen LogP contribution in [0.2, 0.25) is 0 Å². The van der Waals surface area contributed by atoms with Crippen molar-refractivity contribution in [2.75, 3.05) is 0 Å². The molecule has 0 fully saturated rings. The SMILES string of the molecule is Cc1coc2c1C(=O)C(=O)c1c-2ccc2c1C(OC(=O)c1cccc(F)c1)CCC2(C)C. The highest BCUT2D eigenvalue weighted by molar-refractivity contribution is 6.53. The van der Waals surface area contributed by atoms with Gasteiger partial charge in [-0.15, -0.1) is 0 Å². The molecular formula is C26H21FO5. The van der Waals surface area contributed by atoms with Gasteiger partial charge >= 0.3 is 5.97 Å². The molecule has 0 saturated heterocycles. The van der Waals surface area contributed by atoms with E-state index in [1.807, 2.05) is 6.07 Å². The summed E-state index contributed by atoms with van der Waals surface area (Å²) in [5.74, 6) is -2.10. The van der Waals surface area contributed by atoms with Crippen LogP contribution in [0.15, 0.2) is 47.1 Å². The van der Waals surface area contributed by atoms with Gasteiger partial charge in [0.2, 0.25) is 11.6 Å². The Labute approximate surface area is 184 Å². The van der Waals surface area contributed by atoms with Crippen LogP contribution in [0.5, 0.6) is 0 Å². The van der Waals surface area contributed by atoms with Gasteiger partial charge in [0.15, 0.2) is 0 Å². The lowest BCUT2D eigenvalue weighted by molar-refractivity contribution is 0.0225. The van der Waals surface area contributed by atoms with Crippen molar-refractivity contribution in [2.24, 2.45) is 0 Å². The molecule has 2 aliphatic rings. The number of ether oxygens (including phenoxy) is 1. The van der Waals surface area contributed by atoms with Gasteiger partial charge in [0.1, 0.15) is 17.7 Å². The van der Waals surface area contributed by atoms with Crippen LogP contribution in [0.3, 0.4) is 0 Å². The Kier molecular flexibility index (Phi) is 4.45. The lowest BCUT2D eigenvalue weighted by Gasteiger charge is -2.38. The zero-order valence-electron chi connectivity index (χ0n) is 18.0. The molecule has 0 N–H and O–H groups in total. The standard InChI is InChI=1S/C26H21FO5/c1-13-12-31-24-16-7-8-17-21(20(16)23(29)22(28)19(13)24)18(9-10-26(17,2)3)32-25(30)14-5-4-6-15(27)11-14/h4-8,11-12,18H,9-10H2,1-3H3. The Balaban J connectivity index is 1.67. The van der Waals surface area contributed by atoms with Crippen molar-refractivity contribution in [2.45, 2.75) is 45.1 Å². The minimum Gasteiger partial charge on any atom is -0.463 e. The van der Waals surface area contributed by atoms with E-state index in [9.17, 15) is 18.8 Å². The molecule has 6 heteroatoms. The summed E-state index contributed by atoms with van der Waals surface area (Å²) in [6.45, 7) is 5.84. The Hall–Kier alpha value is -3.54. The normalized spacial score (nSPS) is 18.6. The number of benzene rings is 2. The number of ketones is 2. The summed E-state index contributed by atoms with van der Waals surface area (Å²) in [6.07, 6.45) is 1.92. The van der Waals surface area contributed by atoms with E-state index in [0.29, 0.717) is 35.3 Å². The maximum Gasteiger partial charge on any atom is 0.338 e. The Bertz CT molecular complexity index is 1310. The molecule has 0 radical (unpaired) electrons. The van der Waals surface area contributed by atoms with E-state index in [-0.39, 0.29) is 22.1 Å². The zero-order chi connectivity index (χ0) is 22.8. The number of carbonyl (C=O) groups is 3. The number of hydrogen-bond acceptors (Lipinski definition) is 5. The van der Waals surface area contributed by atoms with E-state index in [1.54, 1.807) is 13.0 Å². The van der Waals surface area contributed by atoms with Gasteiger partial charge < -0.3 is 9.15 Å². The van der Waals surface area contributed by atoms with Crippen molar-refractivity contribution in [3.8, 4) is 11.3 Å². The van der Waals surface area contributed by atoms with Crippen molar-refractivity contribution < 1.29 is 27.9 Å². The second-order valence-corrected chi connectivity index (χ2v) is 9.06. The van der Waals surface area contributed by atoms with E-state index in [2.05, 4.69) is 13.8 Å². The summed E-state index contributed by atoms with van der Waals surface area (Å²) in [7, 11) is 0.